The van der Waals surface area contributed by atoms with Gasteiger partial charge in [0.25, 0.3) is 0 Å². The molecule has 0 aromatic heterocycles. The summed E-state index contributed by atoms with van der Waals surface area (Å²) in [5, 5.41) is 0. The fourth-order valence-corrected chi connectivity index (χ4v) is 1.16. The van der Waals surface area contributed by atoms with Crippen LogP contribution >= 0.6 is 8.60 Å². The molecule has 0 bridgehead atoms. The van der Waals surface area contributed by atoms with Crippen molar-refractivity contribution >= 4 is 14.6 Å². The maximum absolute atomic E-state index is 10.8. The van der Waals surface area contributed by atoms with E-state index < -0.39 is 20.7 Å². The average Bonchev–Trinajstić information content (AvgIpc) is 2.12. The second kappa shape index (κ2) is 6.31. The lowest BCUT2D eigenvalue weighted by Gasteiger charge is -2.15. The van der Waals surface area contributed by atoms with Crippen LogP contribution in [-0.2, 0) is 23.1 Å². The molecule has 0 aromatic rings. The molecule has 72 valence electrons. The van der Waals surface area contributed by atoms with Crippen molar-refractivity contribution in [1.29, 1.82) is 0 Å². The Morgan fingerprint density at radius 2 is 1.75 bits per heavy atom. The summed E-state index contributed by atoms with van der Waals surface area (Å²) >= 11 is 0. The first-order valence-electron chi connectivity index (χ1n) is 3.28. The van der Waals surface area contributed by atoms with Gasteiger partial charge in [-0.1, -0.05) is 0 Å². The second-order valence-corrected chi connectivity index (χ2v) is 3.25. The summed E-state index contributed by atoms with van der Waals surface area (Å²) in [6, 6.07) is 0. The van der Waals surface area contributed by atoms with E-state index in [1.54, 1.807) is 6.92 Å². The molecule has 0 saturated heterocycles. The van der Waals surface area contributed by atoms with E-state index in [-0.39, 0.29) is 0 Å². The van der Waals surface area contributed by atoms with E-state index in [4.69, 9.17) is 13.6 Å². The molecule has 0 aliphatic heterocycles. The van der Waals surface area contributed by atoms with Crippen molar-refractivity contribution < 1.29 is 23.1 Å². The number of carbonyl (C=O) groups is 1. The van der Waals surface area contributed by atoms with Gasteiger partial charge in [0.1, 0.15) is 0 Å². The van der Waals surface area contributed by atoms with Crippen molar-refractivity contribution in [2.24, 2.45) is 0 Å². The smallest absolute Gasteiger partial charge is 0.335 e. The predicted molar refractivity (Wildman–Crippen MR) is 43.5 cm³/mol. The lowest BCUT2D eigenvalue weighted by molar-refractivity contribution is -0.148. The Balaban J connectivity index is 3.80. The van der Waals surface area contributed by atoms with Gasteiger partial charge in [-0.3, -0.25) is 4.52 Å². The van der Waals surface area contributed by atoms with E-state index in [1.165, 1.54) is 21.3 Å². The molecule has 0 rings (SSSR count). The Bertz CT molecular complexity index is 136. The third kappa shape index (κ3) is 3.97. The Hall–Kier alpha value is -0.220. The second-order valence-electron chi connectivity index (χ2n) is 1.86. The molecular formula is C6H13O5P. The number of ether oxygens (including phenoxy) is 1. The number of methoxy groups -OCH3 is 1. The summed E-state index contributed by atoms with van der Waals surface area (Å²) in [5.74, 6) is -0.448. The van der Waals surface area contributed by atoms with Crippen LogP contribution in [0.3, 0.4) is 0 Å². The van der Waals surface area contributed by atoms with E-state index in [2.05, 4.69) is 4.74 Å². The van der Waals surface area contributed by atoms with Crippen LogP contribution in [0.25, 0.3) is 0 Å². The maximum atomic E-state index is 10.8. The molecule has 0 amide bonds. The molecule has 1 unspecified atom stereocenters. The van der Waals surface area contributed by atoms with E-state index >= 15 is 0 Å². The van der Waals surface area contributed by atoms with E-state index in [1.807, 2.05) is 0 Å². The Kier molecular flexibility index (Phi) is 6.20. The van der Waals surface area contributed by atoms with Gasteiger partial charge >= 0.3 is 14.6 Å². The van der Waals surface area contributed by atoms with Gasteiger partial charge in [0.15, 0.2) is 6.10 Å². The number of esters is 1. The molecule has 5 nitrogen and oxygen atoms in total. The molecule has 1 atom stereocenters. The van der Waals surface area contributed by atoms with Gasteiger partial charge in [0.05, 0.1) is 7.11 Å². The zero-order chi connectivity index (χ0) is 9.56. The summed E-state index contributed by atoms with van der Waals surface area (Å²) < 4.78 is 19.0. The highest BCUT2D eigenvalue weighted by molar-refractivity contribution is 7.41. The summed E-state index contributed by atoms with van der Waals surface area (Å²) in [4.78, 5) is 10.8. The van der Waals surface area contributed by atoms with Gasteiger partial charge in [-0.25, -0.2) is 4.79 Å². The maximum Gasteiger partial charge on any atom is 0.335 e. The van der Waals surface area contributed by atoms with Crippen LogP contribution in [0.2, 0.25) is 0 Å². The first-order valence-corrected chi connectivity index (χ1v) is 4.38. The number of rotatable bonds is 5. The molecule has 0 spiro atoms. The van der Waals surface area contributed by atoms with E-state index in [0.717, 1.165) is 0 Å². The van der Waals surface area contributed by atoms with Crippen molar-refractivity contribution in [2.45, 2.75) is 13.0 Å². The minimum atomic E-state index is -1.43. The van der Waals surface area contributed by atoms with E-state index in [9.17, 15) is 4.79 Å². The van der Waals surface area contributed by atoms with Crippen LogP contribution in [0.15, 0.2) is 0 Å². The summed E-state index contributed by atoms with van der Waals surface area (Å²) in [7, 11) is 2.75. The minimum Gasteiger partial charge on any atom is -0.467 e. The molecule has 0 saturated carbocycles. The molecular weight excluding hydrogens is 183 g/mol. The van der Waals surface area contributed by atoms with Crippen LogP contribution in [0.4, 0.5) is 0 Å². The van der Waals surface area contributed by atoms with Gasteiger partial charge in [-0.2, -0.15) is 0 Å². The number of hydrogen-bond donors (Lipinski definition) is 0. The molecule has 0 aliphatic rings. The highest BCUT2D eigenvalue weighted by Gasteiger charge is 2.20. The summed E-state index contributed by atoms with van der Waals surface area (Å²) in [6.07, 6.45) is -0.666. The third-order valence-corrected chi connectivity index (χ3v) is 2.16. The Labute approximate surface area is 72.9 Å². The normalized spacial score (nSPS) is 13.1. The van der Waals surface area contributed by atoms with E-state index in [0.29, 0.717) is 0 Å². The molecule has 6 heteroatoms. The van der Waals surface area contributed by atoms with Crippen LogP contribution in [0.1, 0.15) is 6.92 Å². The third-order valence-electron chi connectivity index (χ3n) is 1.08. The minimum absolute atomic E-state index is 0.448. The highest BCUT2D eigenvalue weighted by Crippen LogP contribution is 2.38. The monoisotopic (exact) mass is 196 g/mol. The van der Waals surface area contributed by atoms with Crippen LogP contribution in [0.5, 0.6) is 0 Å². The first-order chi connectivity index (χ1) is 5.65. The van der Waals surface area contributed by atoms with Crippen molar-refractivity contribution in [3.8, 4) is 0 Å². The highest BCUT2D eigenvalue weighted by atomic mass is 31.2. The molecule has 0 aliphatic carbocycles. The first kappa shape index (κ1) is 11.8. The van der Waals surface area contributed by atoms with Crippen LogP contribution in [-0.4, -0.2) is 33.4 Å². The fraction of sp³-hybridized carbons (Fsp3) is 0.833. The molecule has 0 radical (unpaired) electrons. The summed E-state index contributed by atoms with van der Waals surface area (Å²) in [6.45, 7) is 1.57. The predicted octanol–water partition coefficient (Wildman–Crippen LogP) is 1.08. The largest absolute Gasteiger partial charge is 0.467 e. The standard InChI is InChI=1S/C6H13O5P/c1-5(6(7)8-2)11-12(9-3)10-4/h5H,1-4H3. The van der Waals surface area contributed by atoms with Crippen molar-refractivity contribution in [3.05, 3.63) is 0 Å². The number of carbonyl (C=O) groups excluding carboxylic acids is 1. The zero-order valence-corrected chi connectivity index (χ0v) is 8.46. The topological polar surface area (TPSA) is 54.0 Å². The zero-order valence-electron chi connectivity index (χ0n) is 7.57. The molecule has 12 heavy (non-hydrogen) atoms. The van der Waals surface area contributed by atoms with Gasteiger partial charge in [0, 0.05) is 14.2 Å². The van der Waals surface area contributed by atoms with Crippen molar-refractivity contribution in [1.82, 2.24) is 0 Å². The fourth-order valence-electron chi connectivity index (χ4n) is 0.499. The van der Waals surface area contributed by atoms with Crippen LogP contribution < -0.4 is 0 Å². The quantitative estimate of drug-likeness (QED) is 0.486. The SMILES string of the molecule is COC(=O)C(C)OP(OC)OC. The lowest BCUT2D eigenvalue weighted by atomic mass is 10.4. The number of hydrogen-bond acceptors (Lipinski definition) is 5. The lowest BCUT2D eigenvalue weighted by Crippen LogP contribution is -2.20. The van der Waals surface area contributed by atoms with Crippen LogP contribution in [0, 0.1) is 0 Å². The van der Waals surface area contributed by atoms with Gasteiger partial charge in [-0.15, -0.1) is 0 Å². The molecule has 0 heterocycles. The van der Waals surface area contributed by atoms with Gasteiger partial charge in [-0.05, 0) is 6.92 Å². The van der Waals surface area contributed by atoms with Gasteiger partial charge in [0.2, 0.25) is 0 Å². The van der Waals surface area contributed by atoms with Gasteiger partial charge < -0.3 is 13.8 Å². The summed E-state index contributed by atoms with van der Waals surface area (Å²) in [5.41, 5.74) is 0. The molecule has 0 fully saturated rings. The Morgan fingerprint density at radius 1 is 1.25 bits per heavy atom. The van der Waals surface area contributed by atoms with Crippen molar-refractivity contribution in [3.63, 3.8) is 0 Å². The molecule has 0 N–H and O–H groups in total. The molecule has 0 aromatic carbocycles. The average molecular weight is 196 g/mol. The van der Waals surface area contributed by atoms with Crippen molar-refractivity contribution in [2.75, 3.05) is 21.3 Å². The Morgan fingerprint density at radius 3 is 2.08 bits per heavy atom.